The largest absolute Gasteiger partial charge is 0.416 e. The molecule has 20 heavy (non-hydrogen) atoms. The minimum absolute atomic E-state index is 0.134. The third-order valence-corrected chi connectivity index (χ3v) is 2.58. The highest BCUT2D eigenvalue weighted by Gasteiger charge is 2.31. The zero-order valence-corrected chi connectivity index (χ0v) is 10.4. The molecule has 8 heteroatoms. The van der Waals surface area contributed by atoms with Crippen LogP contribution in [0.2, 0.25) is 0 Å². The van der Waals surface area contributed by atoms with Gasteiger partial charge >= 0.3 is 6.18 Å². The van der Waals surface area contributed by atoms with E-state index in [1.54, 1.807) is 19.3 Å². The summed E-state index contributed by atoms with van der Waals surface area (Å²) in [5.74, 6) is 0.281. The summed E-state index contributed by atoms with van der Waals surface area (Å²) < 4.78 is 39.1. The quantitative estimate of drug-likeness (QED) is 0.886. The van der Waals surface area contributed by atoms with Crippen LogP contribution in [0.4, 0.5) is 30.4 Å². The molecule has 104 valence electrons. The van der Waals surface area contributed by atoms with Crippen LogP contribution in [0, 0.1) is 11.3 Å². The highest BCUT2D eigenvalue weighted by atomic mass is 19.4. The molecule has 0 aliphatic rings. The number of nitrogens with zero attached hydrogens (tertiary/aromatic N) is 3. The monoisotopic (exact) mass is 281 g/mol. The van der Waals surface area contributed by atoms with E-state index in [2.05, 4.69) is 10.4 Å². The van der Waals surface area contributed by atoms with Crippen molar-refractivity contribution < 1.29 is 13.2 Å². The lowest BCUT2D eigenvalue weighted by Gasteiger charge is -2.10. The third-order valence-electron chi connectivity index (χ3n) is 2.58. The molecule has 0 radical (unpaired) electrons. The summed E-state index contributed by atoms with van der Waals surface area (Å²) in [7, 11) is 1.65. The number of aryl methyl sites for hydroxylation is 1. The zero-order valence-electron chi connectivity index (χ0n) is 10.4. The molecule has 0 bridgehead atoms. The van der Waals surface area contributed by atoms with Gasteiger partial charge in [-0.2, -0.15) is 23.5 Å². The van der Waals surface area contributed by atoms with E-state index < -0.39 is 11.7 Å². The molecule has 1 aromatic heterocycles. The van der Waals surface area contributed by atoms with E-state index in [0.29, 0.717) is 5.69 Å². The van der Waals surface area contributed by atoms with Crippen molar-refractivity contribution in [2.45, 2.75) is 6.18 Å². The third kappa shape index (κ3) is 2.66. The smallest absolute Gasteiger partial charge is 0.394 e. The van der Waals surface area contributed by atoms with Gasteiger partial charge in [0.1, 0.15) is 6.07 Å². The highest BCUT2D eigenvalue weighted by Crippen LogP contribution is 2.32. The predicted molar refractivity (Wildman–Crippen MR) is 67.1 cm³/mol. The summed E-state index contributed by atoms with van der Waals surface area (Å²) in [6.07, 6.45) is -2.95. The Morgan fingerprint density at radius 3 is 2.60 bits per heavy atom. The molecule has 0 spiro atoms. The van der Waals surface area contributed by atoms with Gasteiger partial charge in [0.25, 0.3) is 0 Å². The Labute approximate surface area is 112 Å². The van der Waals surface area contributed by atoms with E-state index in [4.69, 9.17) is 11.0 Å². The maximum atomic E-state index is 12.6. The normalized spacial score (nSPS) is 11.2. The minimum atomic E-state index is -4.49. The molecule has 0 saturated heterocycles. The van der Waals surface area contributed by atoms with E-state index >= 15 is 0 Å². The number of rotatable bonds is 2. The molecule has 2 rings (SSSR count). The summed E-state index contributed by atoms with van der Waals surface area (Å²) in [5.41, 5.74) is 5.20. The van der Waals surface area contributed by atoms with Gasteiger partial charge in [-0.25, -0.2) is 0 Å². The first-order valence-electron chi connectivity index (χ1n) is 5.48. The first-order valence-corrected chi connectivity index (χ1v) is 5.48. The van der Waals surface area contributed by atoms with Crippen LogP contribution >= 0.6 is 0 Å². The molecule has 0 fully saturated rings. The summed E-state index contributed by atoms with van der Waals surface area (Å²) >= 11 is 0. The SMILES string of the molecule is Cn1cc(N)c(Nc2ccc(C(F)(F)F)cc2C#N)n1. The van der Waals surface area contributed by atoms with Gasteiger partial charge in [-0.15, -0.1) is 0 Å². The average Bonchev–Trinajstić information content (AvgIpc) is 2.67. The second-order valence-corrected chi connectivity index (χ2v) is 4.10. The Hall–Kier alpha value is -2.69. The summed E-state index contributed by atoms with van der Waals surface area (Å²) in [6, 6.07) is 4.56. The highest BCUT2D eigenvalue weighted by molar-refractivity contribution is 5.72. The lowest BCUT2D eigenvalue weighted by Crippen LogP contribution is -2.06. The van der Waals surface area contributed by atoms with E-state index in [0.717, 1.165) is 12.1 Å². The Kier molecular flexibility index (Phi) is 3.28. The van der Waals surface area contributed by atoms with Gasteiger partial charge in [0, 0.05) is 13.2 Å². The van der Waals surface area contributed by atoms with Crippen molar-refractivity contribution in [1.29, 1.82) is 5.26 Å². The van der Waals surface area contributed by atoms with E-state index in [-0.39, 0.29) is 17.1 Å². The molecule has 0 aliphatic heterocycles. The predicted octanol–water partition coefficient (Wildman–Crippen LogP) is 2.64. The lowest BCUT2D eigenvalue weighted by atomic mass is 10.1. The van der Waals surface area contributed by atoms with Crippen LogP contribution in [0.3, 0.4) is 0 Å². The Morgan fingerprint density at radius 2 is 2.10 bits per heavy atom. The van der Waals surface area contributed by atoms with Crippen LogP contribution in [0.1, 0.15) is 11.1 Å². The van der Waals surface area contributed by atoms with Crippen LogP contribution < -0.4 is 11.1 Å². The number of nitrogen functional groups attached to an aromatic ring is 1. The fraction of sp³-hybridized carbons (Fsp3) is 0.167. The zero-order chi connectivity index (χ0) is 14.9. The first kappa shape index (κ1) is 13.7. The number of anilines is 3. The number of nitriles is 1. The fourth-order valence-corrected chi connectivity index (χ4v) is 1.65. The van der Waals surface area contributed by atoms with Crippen molar-refractivity contribution in [3.63, 3.8) is 0 Å². The van der Waals surface area contributed by atoms with E-state index in [9.17, 15) is 13.2 Å². The van der Waals surface area contributed by atoms with Gasteiger partial charge in [-0.1, -0.05) is 0 Å². The number of benzene rings is 1. The molecule has 3 N–H and O–H groups in total. The van der Waals surface area contributed by atoms with Crippen molar-refractivity contribution >= 4 is 17.2 Å². The maximum absolute atomic E-state index is 12.6. The molecule has 2 aromatic rings. The van der Waals surface area contributed by atoms with Crippen molar-refractivity contribution in [3.8, 4) is 6.07 Å². The van der Waals surface area contributed by atoms with Gasteiger partial charge in [0.05, 0.1) is 22.5 Å². The van der Waals surface area contributed by atoms with Crippen molar-refractivity contribution in [1.82, 2.24) is 9.78 Å². The Balaban J connectivity index is 2.38. The van der Waals surface area contributed by atoms with Crippen LogP contribution in [0.25, 0.3) is 0 Å². The van der Waals surface area contributed by atoms with Crippen LogP contribution in [-0.4, -0.2) is 9.78 Å². The maximum Gasteiger partial charge on any atom is 0.416 e. The first-order chi connectivity index (χ1) is 9.31. The molecule has 1 heterocycles. The number of halogens is 3. The number of aromatic nitrogens is 2. The van der Waals surface area contributed by atoms with Gasteiger partial charge in [0.15, 0.2) is 5.82 Å². The minimum Gasteiger partial charge on any atom is -0.394 e. The summed E-state index contributed by atoms with van der Waals surface area (Å²) in [6.45, 7) is 0. The van der Waals surface area contributed by atoms with Crippen LogP contribution in [0.15, 0.2) is 24.4 Å². The fourth-order valence-electron chi connectivity index (χ4n) is 1.65. The lowest BCUT2D eigenvalue weighted by molar-refractivity contribution is -0.137. The second kappa shape index (κ2) is 4.77. The number of alkyl halides is 3. The molecule has 1 aromatic carbocycles. The Bertz CT molecular complexity index is 681. The Morgan fingerprint density at radius 1 is 1.40 bits per heavy atom. The molecule has 0 saturated carbocycles. The van der Waals surface area contributed by atoms with Crippen molar-refractivity contribution in [2.75, 3.05) is 11.1 Å². The van der Waals surface area contributed by atoms with E-state index in [1.165, 1.54) is 10.7 Å². The van der Waals surface area contributed by atoms with E-state index in [1.807, 2.05) is 0 Å². The number of hydrogen-bond donors (Lipinski definition) is 2. The van der Waals surface area contributed by atoms with Crippen molar-refractivity contribution in [2.24, 2.45) is 7.05 Å². The number of nitrogens with two attached hydrogens (primary N) is 1. The summed E-state index contributed by atoms with van der Waals surface area (Å²) in [5, 5.41) is 15.7. The van der Waals surface area contributed by atoms with Gasteiger partial charge in [0.2, 0.25) is 0 Å². The van der Waals surface area contributed by atoms with Crippen LogP contribution in [0.5, 0.6) is 0 Å². The molecule has 0 atom stereocenters. The standard InChI is InChI=1S/C12H10F3N5/c1-20-6-9(17)11(19-20)18-10-3-2-8(12(13,14)15)4-7(10)5-16/h2-4,6H,17H2,1H3,(H,18,19). The molecule has 5 nitrogen and oxygen atoms in total. The van der Waals surface area contributed by atoms with Gasteiger partial charge < -0.3 is 11.1 Å². The second-order valence-electron chi connectivity index (χ2n) is 4.10. The van der Waals surface area contributed by atoms with Gasteiger partial charge in [-0.05, 0) is 18.2 Å². The molecular formula is C12H10F3N5. The summed E-state index contributed by atoms with van der Waals surface area (Å²) in [4.78, 5) is 0. The number of hydrogen-bond acceptors (Lipinski definition) is 4. The topological polar surface area (TPSA) is 79.7 Å². The molecule has 0 unspecified atom stereocenters. The van der Waals surface area contributed by atoms with Gasteiger partial charge in [-0.3, -0.25) is 4.68 Å². The number of nitrogens with one attached hydrogen (secondary N) is 1. The molecule has 0 aliphatic carbocycles. The van der Waals surface area contributed by atoms with Crippen molar-refractivity contribution in [3.05, 3.63) is 35.5 Å². The molecule has 0 amide bonds. The average molecular weight is 281 g/mol. The molecular weight excluding hydrogens is 271 g/mol. The van der Waals surface area contributed by atoms with Crippen LogP contribution in [-0.2, 0) is 13.2 Å².